The van der Waals surface area contributed by atoms with Crippen LogP contribution in [0.1, 0.15) is 26.5 Å². The number of anilines is 1. The van der Waals surface area contributed by atoms with E-state index in [1.165, 1.54) is 55.0 Å². The summed E-state index contributed by atoms with van der Waals surface area (Å²) < 4.78 is 31.6. The second-order valence-corrected chi connectivity index (χ2v) is 8.81. The Labute approximate surface area is 165 Å². The van der Waals surface area contributed by atoms with E-state index in [1.54, 1.807) is 17.5 Å². The van der Waals surface area contributed by atoms with Crippen molar-refractivity contribution in [2.24, 2.45) is 5.73 Å². The molecule has 3 N–H and O–H groups in total. The monoisotopic (exact) mass is 419 g/mol. The zero-order valence-corrected chi connectivity index (χ0v) is 16.4. The van der Waals surface area contributed by atoms with Crippen LogP contribution in [-0.4, -0.2) is 31.6 Å². The number of hydrogen-bond donors (Lipinski definition) is 2. The van der Waals surface area contributed by atoms with E-state index in [0.717, 1.165) is 4.31 Å². The smallest absolute Gasteiger partial charge is 0.256 e. The van der Waals surface area contributed by atoms with Gasteiger partial charge in [0, 0.05) is 12.6 Å². The first kappa shape index (κ1) is 19.8. The van der Waals surface area contributed by atoms with Crippen LogP contribution in [0.4, 0.5) is 5.00 Å². The van der Waals surface area contributed by atoms with Crippen molar-refractivity contribution in [3.8, 4) is 0 Å². The molecule has 0 aliphatic rings. The minimum Gasteiger partial charge on any atom is -0.468 e. The Bertz CT molecular complexity index is 1090. The van der Waals surface area contributed by atoms with Crippen LogP contribution < -0.4 is 11.1 Å². The van der Waals surface area contributed by atoms with Gasteiger partial charge >= 0.3 is 0 Å². The first-order chi connectivity index (χ1) is 13.3. The lowest BCUT2D eigenvalue weighted by Gasteiger charge is -2.16. The third-order valence-electron chi connectivity index (χ3n) is 3.94. The van der Waals surface area contributed by atoms with E-state index in [-0.39, 0.29) is 22.6 Å². The zero-order valence-electron chi connectivity index (χ0n) is 14.8. The maximum Gasteiger partial charge on any atom is 0.256 e. The van der Waals surface area contributed by atoms with Crippen molar-refractivity contribution in [1.29, 1.82) is 0 Å². The van der Waals surface area contributed by atoms with Gasteiger partial charge in [-0.05, 0) is 47.8 Å². The number of nitrogens with one attached hydrogen (secondary N) is 1. The number of primary amides is 1. The van der Waals surface area contributed by atoms with Crippen molar-refractivity contribution in [2.45, 2.75) is 11.4 Å². The normalized spacial score (nSPS) is 11.5. The van der Waals surface area contributed by atoms with Gasteiger partial charge in [0.2, 0.25) is 10.0 Å². The Kier molecular flexibility index (Phi) is 5.63. The standard InChI is InChI=1S/C18H17N3O5S2/c1-21(11-13-3-2-9-26-13)28(24,25)14-6-4-12(5-7-14)17(23)20-18-15(16(19)22)8-10-27-18/h2-10H,11H2,1H3,(H2,19,22)(H,20,23). The molecule has 3 aromatic rings. The largest absolute Gasteiger partial charge is 0.468 e. The number of hydrogen-bond acceptors (Lipinski definition) is 6. The number of carbonyl (C=O) groups is 2. The quantitative estimate of drug-likeness (QED) is 0.609. The first-order valence-electron chi connectivity index (χ1n) is 8.06. The summed E-state index contributed by atoms with van der Waals surface area (Å²) in [6, 6.07) is 10.4. The molecular weight excluding hydrogens is 402 g/mol. The molecule has 146 valence electrons. The molecule has 0 fully saturated rings. The van der Waals surface area contributed by atoms with Crippen LogP contribution in [0.3, 0.4) is 0 Å². The molecule has 0 aliphatic heterocycles. The van der Waals surface area contributed by atoms with Crippen LogP contribution >= 0.6 is 11.3 Å². The van der Waals surface area contributed by atoms with Gasteiger partial charge in [0.1, 0.15) is 10.8 Å². The molecule has 8 nitrogen and oxygen atoms in total. The first-order valence-corrected chi connectivity index (χ1v) is 10.4. The Morgan fingerprint density at radius 3 is 2.50 bits per heavy atom. The molecule has 28 heavy (non-hydrogen) atoms. The predicted octanol–water partition coefficient (Wildman–Crippen LogP) is 2.51. The summed E-state index contributed by atoms with van der Waals surface area (Å²) in [5, 5.41) is 4.58. The van der Waals surface area contributed by atoms with E-state index in [2.05, 4.69) is 5.32 Å². The fraction of sp³-hybridized carbons (Fsp3) is 0.111. The van der Waals surface area contributed by atoms with Crippen LogP contribution in [0, 0.1) is 0 Å². The number of benzene rings is 1. The molecule has 0 atom stereocenters. The molecule has 0 spiro atoms. The van der Waals surface area contributed by atoms with Crippen LogP contribution in [0.2, 0.25) is 0 Å². The van der Waals surface area contributed by atoms with Gasteiger partial charge in [0.15, 0.2) is 0 Å². The average molecular weight is 419 g/mol. The average Bonchev–Trinajstić information content (AvgIpc) is 3.33. The molecule has 2 aromatic heterocycles. The van der Waals surface area contributed by atoms with Gasteiger partial charge in [0.05, 0.1) is 23.3 Å². The molecule has 0 saturated heterocycles. The second kappa shape index (κ2) is 7.97. The third-order valence-corrected chi connectivity index (χ3v) is 6.59. The zero-order chi connectivity index (χ0) is 20.3. The van der Waals surface area contributed by atoms with Crippen molar-refractivity contribution in [1.82, 2.24) is 4.31 Å². The maximum atomic E-state index is 12.6. The van der Waals surface area contributed by atoms with Gasteiger partial charge in [-0.15, -0.1) is 11.3 Å². The van der Waals surface area contributed by atoms with Gasteiger partial charge in [0.25, 0.3) is 11.8 Å². The molecule has 0 unspecified atom stereocenters. The minimum absolute atomic E-state index is 0.0482. The highest BCUT2D eigenvalue weighted by molar-refractivity contribution is 7.89. The van der Waals surface area contributed by atoms with E-state index in [1.807, 2.05) is 0 Å². The highest BCUT2D eigenvalue weighted by atomic mass is 32.2. The van der Waals surface area contributed by atoms with E-state index in [9.17, 15) is 18.0 Å². The molecule has 0 aliphatic carbocycles. The van der Waals surface area contributed by atoms with Crippen LogP contribution in [-0.2, 0) is 16.6 Å². The fourth-order valence-electron chi connectivity index (χ4n) is 2.44. The van der Waals surface area contributed by atoms with E-state index in [0.29, 0.717) is 10.8 Å². The summed E-state index contributed by atoms with van der Waals surface area (Å²) in [4.78, 5) is 23.7. The van der Waals surface area contributed by atoms with E-state index < -0.39 is 21.8 Å². The molecule has 0 saturated carbocycles. The summed E-state index contributed by atoms with van der Waals surface area (Å²) in [6.07, 6.45) is 1.47. The van der Waals surface area contributed by atoms with Crippen molar-refractivity contribution < 1.29 is 22.4 Å². The van der Waals surface area contributed by atoms with Gasteiger partial charge in [-0.1, -0.05) is 0 Å². The van der Waals surface area contributed by atoms with Gasteiger partial charge < -0.3 is 15.5 Å². The van der Waals surface area contributed by atoms with Gasteiger partial charge in [-0.3, -0.25) is 9.59 Å². The number of sulfonamides is 1. The number of amides is 2. The lowest BCUT2D eigenvalue weighted by atomic mass is 10.2. The third kappa shape index (κ3) is 4.14. The van der Waals surface area contributed by atoms with Crippen LogP contribution in [0.25, 0.3) is 0 Å². The highest BCUT2D eigenvalue weighted by Gasteiger charge is 2.22. The maximum absolute atomic E-state index is 12.6. The molecule has 2 amide bonds. The van der Waals surface area contributed by atoms with E-state index in [4.69, 9.17) is 10.2 Å². The summed E-state index contributed by atoms with van der Waals surface area (Å²) in [6.45, 7) is 0.0891. The van der Waals surface area contributed by atoms with E-state index >= 15 is 0 Å². The van der Waals surface area contributed by atoms with Gasteiger partial charge in [-0.25, -0.2) is 8.42 Å². The number of furan rings is 1. The molecule has 0 bridgehead atoms. The number of carbonyl (C=O) groups excluding carboxylic acids is 2. The van der Waals surface area contributed by atoms with Crippen molar-refractivity contribution in [3.63, 3.8) is 0 Å². The molecule has 10 heteroatoms. The van der Waals surface area contributed by atoms with Crippen molar-refractivity contribution in [3.05, 3.63) is 71.0 Å². The number of rotatable bonds is 7. The summed E-state index contributed by atoms with van der Waals surface area (Å²) in [5.74, 6) is -0.598. The van der Waals surface area contributed by atoms with Crippen LogP contribution in [0.15, 0.2) is 63.4 Å². The molecule has 1 aromatic carbocycles. The Morgan fingerprint density at radius 2 is 1.89 bits per heavy atom. The molecule has 2 heterocycles. The Balaban J connectivity index is 1.74. The van der Waals surface area contributed by atoms with Crippen LogP contribution in [0.5, 0.6) is 0 Å². The van der Waals surface area contributed by atoms with Crippen molar-refractivity contribution in [2.75, 3.05) is 12.4 Å². The Hall–Kier alpha value is -2.95. The van der Waals surface area contributed by atoms with Gasteiger partial charge in [-0.2, -0.15) is 4.31 Å². The molecule has 0 radical (unpaired) electrons. The summed E-state index contributed by atoms with van der Waals surface area (Å²) in [5.41, 5.74) is 5.72. The number of nitrogens with zero attached hydrogens (tertiary/aromatic N) is 1. The number of nitrogens with two attached hydrogens (primary N) is 1. The van der Waals surface area contributed by atoms with Crippen molar-refractivity contribution >= 4 is 38.2 Å². The highest BCUT2D eigenvalue weighted by Crippen LogP contribution is 2.24. The predicted molar refractivity (Wildman–Crippen MR) is 105 cm³/mol. The SMILES string of the molecule is CN(Cc1ccco1)S(=O)(=O)c1ccc(C(=O)Nc2sccc2C(N)=O)cc1. The summed E-state index contributed by atoms with van der Waals surface area (Å²) in [7, 11) is -2.30. The Morgan fingerprint density at radius 1 is 1.18 bits per heavy atom. The lowest BCUT2D eigenvalue weighted by molar-refractivity contribution is 0.100. The molecule has 3 rings (SSSR count). The molecular formula is C18H17N3O5S2. The summed E-state index contributed by atoms with van der Waals surface area (Å²) >= 11 is 1.17. The number of thiophene rings is 1. The topological polar surface area (TPSA) is 123 Å². The second-order valence-electron chi connectivity index (χ2n) is 5.85. The lowest BCUT2D eigenvalue weighted by Crippen LogP contribution is -2.26. The fourth-order valence-corrected chi connectivity index (χ4v) is 4.37. The minimum atomic E-state index is -3.74.